The highest BCUT2D eigenvalue weighted by molar-refractivity contribution is 6.28. The van der Waals surface area contributed by atoms with Gasteiger partial charge in [-0.3, -0.25) is 0 Å². The van der Waals surface area contributed by atoms with E-state index in [-0.39, 0.29) is 11.4 Å². The van der Waals surface area contributed by atoms with Gasteiger partial charge in [0.15, 0.2) is 0 Å². The lowest BCUT2D eigenvalue weighted by Crippen LogP contribution is -2.20. The summed E-state index contributed by atoms with van der Waals surface area (Å²) < 4.78 is 0. The fourth-order valence-electron chi connectivity index (χ4n) is 1.25. The lowest BCUT2D eigenvalue weighted by molar-refractivity contribution is 0.176. The number of aromatic nitrogens is 2. The molecule has 0 amide bonds. The normalized spacial score (nSPS) is 12.5. The first-order valence-corrected chi connectivity index (χ1v) is 5.42. The summed E-state index contributed by atoms with van der Waals surface area (Å²) in [6.45, 7) is 4.42. The molecule has 0 saturated heterocycles. The molecule has 0 aliphatic rings. The number of nitrogens with zero attached hydrogens (tertiary/aromatic N) is 2. The lowest BCUT2D eigenvalue weighted by atomic mass is 10.2. The van der Waals surface area contributed by atoms with Crippen LogP contribution < -0.4 is 5.32 Å². The zero-order valence-electron chi connectivity index (χ0n) is 9.00. The van der Waals surface area contributed by atoms with Crippen LogP contribution in [-0.4, -0.2) is 27.7 Å². The molecule has 4 nitrogen and oxygen atoms in total. The van der Waals surface area contributed by atoms with E-state index in [9.17, 15) is 5.11 Å². The highest BCUT2D eigenvalue weighted by Gasteiger charge is 2.05. The van der Waals surface area contributed by atoms with E-state index in [1.165, 1.54) is 0 Å². The molecule has 0 aromatic carbocycles. The summed E-state index contributed by atoms with van der Waals surface area (Å²) in [4.78, 5) is 7.89. The Kier molecular flexibility index (Phi) is 4.78. The van der Waals surface area contributed by atoms with Crippen molar-refractivity contribution < 1.29 is 5.11 Å². The number of anilines is 1. The first kappa shape index (κ1) is 12.2. The van der Waals surface area contributed by atoms with E-state index in [2.05, 4.69) is 15.3 Å². The minimum absolute atomic E-state index is 0.216. The third kappa shape index (κ3) is 4.01. The quantitative estimate of drug-likeness (QED) is 0.759. The number of hydrogen-bond donors (Lipinski definition) is 2. The molecule has 1 heterocycles. The van der Waals surface area contributed by atoms with Crippen molar-refractivity contribution in [2.24, 2.45) is 0 Å². The Morgan fingerprint density at radius 1 is 1.60 bits per heavy atom. The number of rotatable bonds is 5. The molecule has 5 heteroatoms. The van der Waals surface area contributed by atoms with Crippen molar-refractivity contribution in [3.8, 4) is 0 Å². The van der Waals surface area contributed by atoms with Crippen LogP contribution in [0.2, 0.25) is 5.28 Å². The maximum Gasteiger partial charge on any atom is 0.224 e. The van der Waals surface area contributed by atoms with Gasteiger partial charge in [0.05, 0.1) is 6.10 Å². The van der Waals surface area contributed by atoms with Crippen molar-refractivity contribution in [3.63, 3.8) is 0 Å². The third-order valence-corrected chi connectivity index (χ3v) is 2.25. The average molecular weight is 230 g/mol. The zero-order chi connectivity index (χ0) is 11.3. The zero-order valence-corrected chi connectivity index (χ0v) is 9.75. The Labute approximate surface area is 94.7 Å². The predicted molar refractivity (Wildman–Crippen MR) is 61.2 cm³/mol. The van der Waals surface area contributed by atoms with Gasteiger partial charge in [-0.05, 0) is 24.9 Å². The highest BCUT2D eigenvalue weighted by atomic mass is 35.5. The molecule has 1 rings (SSSR count). The van der Waals surface area contributed by atoms with E-state index in [0.717, 1.165) is 18.4 Å². The number of hydrogen-bond acceptors (Lipinski definition) is 4. The molecule has 0 radical (unpaired) electrons. The molecule has 1 atom stereocenters. The predicted octanol–water partition coefficient (Wildman–Crippen LogP) is 2.01. The fraction of sp³-hybridized carbons (Fsp3) is 0.600. The maximum atomic E-state index is 9.53. The second-order valence-electron chi connectivity index (χ2n) is 3.49. The van der Waals surface area contributed by atoms with Gasteiger partial charge in [-0.2, -0.15) is 0 Å². The van der Waals surface area contributed by atoms with Gasteiger partial charge in [-0.25, -0.2) is 9.97 Å². The van der Waals surface area contributed by atoms with Gasteiger partial charge in [0.25, 0.3) is 0 Å². The molecule has 0 fully saturated rings. The third-order valence-electron chi connectivity index (χ3n) is 2.07. The molecular weight excluding hydrogens is 214 g/mol. The van der Waals surface area contributed by atoms with Gasteiger partial charge in [-0.15, -0.1) is 0 Å². The Hall–Kier alpha value is -0.870. The van der Waals surface area contributed by atoms with E-state index in [1.807, 2.05) is 13.8 Å². The molecule has 2 N–H and O–H groups in total. The molecule has 1 aromatic heterocycles. The summed E-state index contributed by atoms with van der Waals surface area (Å²) in [6, 6.07) is 0. The topological polar surface area (TPSA) is 58.0 Å². The van der Waals surface area contributed by atoms with E-state index >= 15 is 0 Å². The maximum absolute atomic E-state index is 9.53. The second kappa shape index (κ2) is 5.88. The van der Waals surface area contributed by atoms with E-state index in [1.54, 1.807) is 6.20 Å². The summed E-state index contributed by atoms with van der Waals surface area (Å²) in [5.74, 6) is 0.685. The van der Waals surface area contributed by atoms with Gasteiger partial charge in [0, 0.05) is 18.3 Å². The fourth-order valence-corrected chi connectivity index (χ4v) is 1.38. The summed E-state index contributed by atoms with van der Waals surface area (Å²) in [5.41, 5.74) is 0.920. The van der Waals surface area contributed by atoms with Gasteiger partial charge in [0.1, 0.15) is 5.82 Å². The van der Waals surface area contributed by atoms with E-state index in [0.29, 0.717) is 12.4 Å². The number of aryl methyl sites for hydroxylation is 1. The summed E-state index contributed by atoms with van der Waals surface area (Å²) >= 11 is 5.67. The minimum Gasteiger partial charge on any atom is -0.391 e. The van der Waals surface area contributed by atoms with Crippen LogP contribution in [-0.2, 0) is 0 Å². The summed E-state index contributed by atoms with van der Waals surface area (Å²) in [7, 11) is 0. The molecular formula is C10H16ClN3O. The molecule has 0 saturated carbocycles. The van der Waals surface area contributed by atoms with Crippen LogP contribution in [0.25, 0.3) is 0 Å². The van der Waals surface area contributed by atoms with Gasteiger partial charge in [0.2, 0.25) is 5.28 Å². The lowest BCUT2D eigenvalue weighted by Gasteiger charge is -2.12. The Morgan fingerprint density at radius 2 is 2.33 bits per heavy atom. The SMILES string of the molecule is CCCC(O)CNc1nc(Cl)ncc1C. The van der Waals surface area contributed by atoms with Crippen molar-refractivity contribution >= 4 is 17.4 Å². The molecule has 15 heavy (non-hydrogen) atoms. The Morgan fingerprint density at radius 3 is 3.00 bits per heavy atom. The molecule has 0 aliphatic carbocycles. The standard InChI is InChI=1S/C10H16ClN3O/c1-3-4-8(15)6-12-9-7(2)5-13-10(11)14-9/h5,8,15H,3-4,6H2,1-2H3,(H,12,13,14). The average Bonchev–Trinajstić information content (AvgIpc) is 2.20. The Bertz CT molecular complexity index is 320. The molecule has 0 bridgehead atoms. The molecule has 0 aliphatic heterocycles. The first-order valence-electron chi connectivity index (χ1n) is 5.04. The summed E-state index contributed by atoms with van der Waals surface area (Å²) in [6.07, 6.45) is 3.06. The van der Waals surface area contributed by atoms with Crippen molar-refractivity contribution in [1.82, 2.24) is 9.97 Å². The molecule has 84 valence electrons. The van der Waals surface area contributed by atoms with Crippen LogP contribution in [0.5, 0.6) is 0 Å². The molecule has 0 spiro atoms. The molecule has 1 unspecified atom stereocenters. The second-order valence-corrected chi connectivity index (χ2v) is 3.83. The van der Waals surface area contributed by atoms with Crippen molar-refractivity contribution in [2.45, 2.75) is 32.8 Å². The van der Waals surface area contributed by atoms with Crippen LogP contribution in [0.3, 0.4) is 0 Å². The van der Waals surface area contributed by atoms with Crippen LogP contribution in [0.4, 0.5) is 5.82 Å². The van der Waals surface area contributed by atoms with Gasteiger partial charge in [-0.1, -0.05) is 13.3 Å². The van der Waals surface area contributed by atoms with E-state index < -0.39 is 0 Å². The van der Waals surface area contributed by atoms with Crippen molar-refractivity contribution in [2.75, 3.05) is 11.9 Å². The van der Waals surface area contributed by atoms with Crippen LogP contribution in [0.15, 0.2) is 6.20 Å². The largest absolute Gasteiger partial charge is 0.391 e. The van der Waals surface area contributed by atoms with Gasteiger partial charge >= 0.3 is 0 Å². The number of halogens is 1. The van der Waals surface area contributed by atoms with Crippen LogP contribution >= 0.6 is 11.6 Å². The number of nitrogens with one attached hydrogen (secondary N) is 1. The van der Waals surface area contributed by atoms with Crippen molar-refractivity contribution in [1.29, 1.82) is 0 Å². The monoisotopic (exact) mass is 229 g/mol. The van der Waals surface area contributed by atoms with Crippen LogP contribution in [0.1, 0.15) is 25.3 Å². The van der Waals surface area contributed by atoms with Gasteiger partial charge < -0.3 is 10.4 Å². The first-order chi connectivity index (χ1) is 7.13. The Balaban J connectivity index is 2.53. The van der Waals surface area contributed by atoms with Crippen molar-refractivity contribution in [3.05, 3.63) is 17.0 Å². The smallest absolute Gasteiger partial charge is 0.224 e. The number of aliphatic hydroxyl groups is 1. The van der Waals surface area contributed by atoms with Crippen LogP contribution in [0, 0.1) is 6.92 Å². The van der Waals surface area contributed by atoms with E-state index in [4.69, 9.17) is 11.6 Å². The minimum atomic E-state index is -0.344. The molecule has 1 aromatic rings. The highest BCUT2D eigenvalue weighted by Crippen LogP contribution is 2.12. The number of aliphatic hydroxyl groups excluding tert-OH is 1. The summed E-state index contributed by atoms with van der Waals surface area (Å²) in [5, 5.41) is 12.8.